The monoisotopic (exact) mass is 216 g/mol. The molecule has 0 saturated carbocycles. The van der Waals surface area contributed by atoms with E-state index in [4.69, 9.17) is 0 Å². The van der Waals surface area contributed by atoms with E-state index in [1.54, 1.807) is 0 Å². The number of piperidine rings is 1. The summed E-state index contributed by atoms with van der Waals surface area (Å²) in [7, 11) is 0. The third-order valence-corrected chi connectivity index (χ3v) is 3.45. The van der Waals surface area contributed by atoms with E-state index in [0.717, 1.165) is 24.9 Å². The summed E-state index contributed by atoms with van der Waals surface area (Å²) in [6, 6.07) is 8.25. The van der Waals surface area contributed by atoms with Gasteiger partial charge in [-0.1, -0.05) is 18.2 Å². The van der Waals surface area contributed by atoms with Gasteiger partial charge < -0.3 is 10.1 Å². The van der Waals surface area contributed by atoms with Crippen LogP contribution in [0.15, 0.2) is 30.5 Å². The van der Waals surface area contributed by atoms with Crippen molar-refractivity contribution in [2.24, 2.45) is 0 Å². The average Bonchev–Trinajstić information content (AvgIpc) is 2.74. The van der Waals surface area contributed by atoms with Crippen molar-refractivity contribution in [1.29, 1.82) is 0 Å². The van der Waals surface area contributed by atoms with Gasteiger partial charge >= 0.3 is 0 Å². The molecule has 16 heavy (non-hydrogen) atoms. The van der Waals surface area contributed by atoms with Gasteiger partial charge in [0, 0.05) is 23.0 Å². The predicted molar refractivity (Wildman–Crippen MR) is 64.3 cm³/mol. The number of aliphatic hydroxyl groups is 1. The first-order valence-electron chi connectivity index (χ1n) is 5.84. The Bertz CT molecular complexity index is 491. The van der Waals surface area contributed by atoms with E-state index in [-0.39, 0.29) is 5.92 Å². The summed E-state index contributed by atoms with van der Waals surface area (Å²) in [5.74, 6) is 0.213. The normalized spacial score (nSPS) is 26.1. The number of nitrogens with one attached hydrogen (secondary N) is 2. The molecule has 0 bridgehead atoms. The van der Waals surface area contributed by atoms with Crippen LogP contribution in [0.2, 0.25) is 0 Å². The Kier molecular flexibility index (Phi) is 2.42. The van der Waals surface area contributed by atoms with E-state index in [0.29, 0.717) is 0 Å². The van der Waals surface area contributed by atoms with Crippen molar-refractivity contribution in [2.45, 2.75) is 25.0 Å². The van der Waals surface area contributed by atoms with Crippen LogP contribution in [-0.2, 0) is 0 Å². The summed E-state index contributed by atoms with van der Waals surface area (Å²) in [6.45, 7) is 0.917. The first-order chi connectivity index (χ1) is 7.86. The van der Waals surface area contributed by atoms with Crippen molar-refractivity contribution >= 4 is 10.9 Å². The second kappa shape index (κ2) is 3.92. The molecule has 0 spiro atoms. The minimum atomic E-state index is -0.409. The van der Waals surface area contributed by atoms with Crippen LogP contribution in [0.5, 0.6) is 0 Å². The fraction of sp³-hybridized carbons (Fsp3) is 0.385. The standard InChI is InChI=1S/C13H16N2O/c16-13-10(5-3-7-14-13)11-8-15-12-6-2-1-4-9(11)12/h1-2,4,6,8,10,13-16H,3,5,7H2. The molecule has 0 aliphatic carbocycles. The quantitative estimate of drug-likeness (QED) is 0.682. The van der Waals surface area contributed by atoms with Gasteiger partial charge in [0.25, 0.3) is 0 Å². The maximum absolute atomic E-state index is 9.98. The van der Waals surface area contributed by atoms with Gasteiger partial charge in [0.05, 0.1) is 0 Å². The number of para-hydroxylation sites is 1. The van der Waals surface area contributed by atoms with Gasteiger partial charge in [0.2, 0.25) is 0 Å². The summed E-state index contributed by atoms with van der Waals surface area (Å²) >= 11 is 0. The van der Waals surface area contributed by atoms with Crippen LogP contribution in [-0.4, -0.2) is 22.9 Å². The minimum absolute atomic E-state index is 0.213. The number of aromatic amines is 1. The minimum Gasteiger partial charge on any atom is -0.378 e. The molecule has 2 unspecified atom stereocenters. The highest BCUT2D eigenvalue weighted by Gasteiger charge is 2.25. The van der Waals surface area contributed by atoms with Gasteiger partial charge in [-0.15, -0.1) is 0 Å². The molecule has 1 aliphatic heterocycles. The predicted octanol–water partition coefficient (Wildman–Crippen LogP) is 1.95. The number of fused-ring (bicyclic) bond motifs is 1. The highest BCUT2D eigenvalue weighted by Crippen LogP contribution is 2.32. The fourth-order valence-corrected chi connectivity index (χ4v) is 2.60. The van der Waals surface area contributed by atoms with Crippen LogP contribution >= 0.6 is 0 Å². The van der Waals surface area contributed by atoms with Gasteiger partial charge in [-0.25, -0.2) is 0 Å². The van der Waals surface area contributed by atoms with Gasteiger partial charge in [-0.05, 0) is 31.0 Å². The summed E-state index contributed by atoms with van der Waals surface area (Å²) in [5, 5.41) is 14.3. The molecule has 2 atom stereocenters. The zero-order chi connectivity index (χ0) is 11.0. The van der Waals surface area contributed by atoms with Gasteiger partial charge in [0.1, 0.15) is 6.23 Å². The molecule has 2 aromatic rings. The zero-order valence-corrected chi connectivity index (χ0v) is 9.11. The van der Waals surface area contributed by atoms with E-state index >= 15 is 0 Å². The second-order valence-electron chi connectivity index (χ2n) is 4.44. The fourth-order valence-electron chi connectivity index (χ4n) is 2.60. The van der Waals surface area contributed by atoms with Crippen molar-refractivity contribution in [3.05, 3.63) is 36.0 Å². The van der Waals surface area contributed by atoms with Crippen LogP contribution in [0.1, 0.15) is 24.3 Å². The van der Waals surface area contributed by atoms with Crippen molar-refractivity contribution in [2.75, 3.05) is 6.54 Å². The molecule has 1 fully saturated rings. The molecule has 84 valence electrons. The molecule has 0 amide bonds. The molecule has 1 aromatic carbocycles. The van der Waals surface area contributed by atoms with Crippen LogP contribution in [0.4, 0.5) is 0 Å². The van der Waals surface area contributed by atoms with E-state index in [1.807, 2.05) is 18.3 Å². The first-order valence-corrected chi connectivity index (χ1v) is 5.84. The third-order valence-electron chi connectivity index (χ3n) is 3.45. The summed E-state index contributed by atoms with van der Waals surface area (Å²) in [5.41, 5.74) is 2.38. The van der Waals surface area contributed by atoms with Gasteiger partial charge in [-0.3, -0.25) is 5.32 Å². The van der Waals surface area contributed by atoms with E-state index in [9.17, 15) is 5.11 Å². The van der Waals surface area contributed by atoms with E-state index < -0.39 is 6.23 Å². The van der Waals surface area contributed by atoms with Crippen LogP contribution in [0.3, 0.4) is 0 Å². The molecular weight excluding hydrogens is 200 g/mol. The maximum atomic E-state index is 9.98. The Hall–Kier alpha value is -1.32. The van der Waals surface area contributed by atoms with Crippen molar-refractivity contribution < 1.29 is 5.11 Å². The first kappa shape index (κ1) is 9.87. The number of aromatic nitrogens is 1. The third kappa shape index (κ3) is 1.52. The SMILES string of the molecule is OC1NCCCC1c1c[nH]c2ccccc12. The Morgan fingerprint density at radius 1 is 1.25 bits per heavy atom. The van der Waals surface area contributed by atoms with Crippen molar-refractivity contribution in [3.63, 3.8) is 0 Å². The summed E-state index contributed by atoms with van der Waals surface area (Å²) < 4.78 is 0. The Balaban J connectivity index is 2.04. The molecule has 3 nitrogen and oxygen atoms in total. The summed E-state index contributed by atoms with van der Waals surface area (Å²) in [6.07, 6.45) is 3.80. The highest BCUT2D eigenvalue weighted by atomic mass is 16.3. The molecular formula is C13H16N2O. The topological polar surface area (TPSA) is 48.0 Å². The van der Waals surface area contributed by atoms with Crippen LogP contribution < -0.4 is 5.32 Å². The Morgan fingerprint density at radius 2 is 2.12 bits per heavy atom. The number of hydrogen-bond donors (Lipinski definition) is 3. The van der Waals surface area contributed by atoms with Gasteiger partial charge in [0.15, 0.2) is 0 Å². The van der Waals surface area contributed by atoms with Crippen molar-refractivity contribution in [3.8, 4) is 0 Å². The lowest BCUT2D eigenvalue weighted by Crippen LogP contribution is -2.39. The molecule has 0 radical (unpaired) electrons. The van der Waals surface area contributed by atoms with Crippen LogP contribution in [0, 0.1) is 0 Å². The zero-order valence-electron chi connectivity index (χ0n) is 9.11. The second-order valence-corrected chi connectivity index (χ2v) is 4.44. The lowest BCUT2D eigenvalue weighted by atomic mass is 9.90. The molecule has 3 N–H and O–H groups in total. The van der Waals surface area contributed by atoms with Crippen molar-refractivity contribution in [1.82, 2.24) is 10.3 Å². The maximum Gasteiger partial charge on any atom is 0.111 e. The molecule has 2 heterocycles. The number of benzene rings is 1. The number of aliphatic hydroxyl groups excluding tert-OH is 1. The average molecular weight is 216 g/mol. The molecule has 1 aromatic heterocycles. The van der Waals surface area contributed by atoms with E-state index in [1.165, 1.54) is 10.9 Å². The Morgan fingerprint density at radius 3 is 3.00 bits per heavy atom. The van der Waals surface area contributed by atoms with E-state index in [2.05, 4.69) is 22.4 Å². The highest BCUT2D eigenvalue weighted by molar-refractivity contribution is 5.83. The smallest absolute Gasteiger partial charge is 0.111 e. The van der Waals surface area contributed by atoms with Gasteiger partial charge in [-0.2, -0.15) is 0 Å². The lowest BCUT2D eigenvalue weighted by molar-refractivity contribution is 0.0850. The largest absolute Gasteiger partial charge is 0.378 e. The lowest BCUT2D eigenvalue weighted by Gasteiger charge is -2.28. The molecule has 1 aliphatic rings. The van der Waals surface area contributed by atoms with Crippen LogP contribution in [0.25, 0.3) is 10.9 Å². The number of rotatable bonds is 1. The number of H-pyrrole nitrogens is 1. The Labute approximate surface area is 94.5 Å². The molecule has 1 saturated heterocycles. The number of hydrogen-bond acceptors (Lipinski definition) is 2. The molecule has 3 rings (SSSR count). The summed E-state index contributed by atoms with van der Waals surface area (Å²) in [4.78, 5) is 3.27. The molecule has 3 heteroatoms.